The minimum Gasteiger partial charge on any atom is -0.494 e. The van der Waals surface area contributed by atoms with E-state index in [-0.39, 0.29) is 0 Å². The molecule has 1 saturated heterocycles. The Morgan fingerprint density at radius 2 is 1.83 bits per heavy atom. The van der Waals surface area contributed by atoms with Crippen molar-refractivity contribution in [1.82, 2.24) is 14.7 Å². The first-order valence-corrected chi connectivity index (χ1v) is 8.98. The SMILES string of the molecule is CCOc1cc2c(cc1CN1CCN(C)CC1)CCN(C)C2C. The number of likely N-dealkylation sites (N-methyl/N-ethyl adjacent to an activating group) is 2. The molecule has 3 rings (SSSR count). The van der Waals surface area contributed by atoms with Gasteiger partial charge in [0.25, 0.3) is 0 Å². The molecule has 0 N–H and O–H groups in total. The zero-order valence-corrected chi connectivity index (χ0v) is 15.1. The Bertz CT molecular complexity index is 538. The molecule has 128 valence electrons. The van der Waals surface area contributed by atoms with Crippen LogP contribution in [0.2, 0.25) is 0 Å². The molecule has 1 aromatic rings. The zero-order chi connectivity index (χ0) is 16.4. The fourth-order valence-corrected chi connectivity index (χ4v) is 3.69. The van der Waals surface area contributed by atoms with Crippen LogP contribution in [0.15, 0.2) is 12.1 Å². The molecule has 1 unspecified atom stereocenters. The van der Waals surface area contributed by atoms with Crippen molar-refractivity contribution in [2.45, 2.75) is 32.9 Å². The van der Waals surface area contributed by atoms with Crippen molar-refractivity contribution in [2.75, 3.05) is 53.4 Å². The molecule has 4 heteroatoms. The summed E-state index contributed by atoms with van der Waals surface area (Å²) < 4.78 is 5.99. The van der Waals surface area contributed by atoms with Gasteiger partial charge < -0.3 is 9.64 Å². The summed E-state index contributed by atoms with van der Waals surface area (Å²) >= 11 is 0. The number of benzene rings is 1. The van der Waals surface area contributed by atoms with E-state index in [0.29, 0.717) is 6.04 Å². The van der Waals surface area contributed by atoms with E-state index in [4.69, 9.17) is 4.74 Å². The zero-order valence-electron chi connectivity index (χ0n) is 15.1. The lowest BCUT2D eigenvalue weighted by Crippen LogP contribution is -2.44. The van der Waals surface area contributed by atoms with Gasteiger partial charge in [-0.2, -0.15) is 0 Å². The van der Waals surface area contributed by atoms with Crippen LogP contribution in [0.1, 0.15) is 36.6 Å². The second-order valence-corrected chi connectivity index (χ2v) is 7.08. The van der Waals surface area contributed by atoms with E-state index in [1.807, 2.05) is 0 Å². The lowest BCUT2D eigenvalue weighted by molar-refractivity contribution is 0.146. The molecule has 1 atom stereocenters. The third kappa shape index (κ3) is 3.70. The summed E-state index contributed by atoms with van der Waals surface area (Å²) in [7, 11) is 4.42. The van der Waals surface area contributed by atoms with Crippen molar-refractivity contribution >= 4 is 0 Å². The molecule has 23 heavy (non-hydrogen) atoms. The maximum Gasteiger partial charge on any atom is 0.124 e. The van der Waals surface area contributed by atoms with E-state index in [9.17, 15) is 0 Å². The van der Waals surface area contributed by atoms with E-state index in [1.54, 1.807) is 0 Å². The molecule has 4 nitrogen and oxygen atoms in total. The van der Waals surface area contributed by atoms with Crippen molar-refractivity contribution in [3.63, 3.8) is 0 Å². The summed E-state index contributed by atoms with van der Waals surface area (Å²) in [6.07, 6.45) is 1.15. The Morgan fingerprint density at radius 3 is 2.52 bits per heavy atom. The highest BCUT2D eigenvalue weighted by molar-refractivity contribution is 5.45. The van der Waals surface area contributed by atoms with Crippen molar-refractivity contribution in [3.8, 4) is 5.75 Å². The third-order valence-corrected chi connectivity index (χ3v) is 5.46. The molecule has 0 aliphatic carbocycles. The van der Waals surface area contributed by atoms with Gasteiger partial charge in [-0.1, -0.05) is 6.07 Å². The average Bonchev–Trinajstić information content (AvgIpc) is 2.55. The van der Waals surface area contributed by atoms with Gasteiger partial charge in [0.2, 0.25) is 0 Å². The molecule has 1 aromatic carbocycles. The molecule has 0 amide bonds. The number of hydrogen-bond acceptors (Lipinski definition) is 4. The lowest BCUT2D eigenvalue weighted by atomic mass is 9.91. The fraction of sp³-hybridized carbons (Fsp3) is 0.684. The van der Waals surface area contributed by atoms with Crippen molar-refractivity contribution in [3.05, 3.63) is 28.8 Å². The van der Waals surface area contributed by atoms with Gasteiger partial charge in [0.05, 0.1) is 6.61 Å². The van der Waals surface area contributed by atoms with Crippen molar-refractivity contribution in [2.24, 2.45) is 0 Å². The van der Waals surface area contributed by atoms with Gasteiger partial charge in [-0.3, -0.25) is 9.80 Å². The molecule has 0 bridgehead atoms. The molecular formula is C19H31N3O. The van der Waals surface area contributed by atoms with Gasteiger partial charge in [-0.15, -0.1) is 0 Å². The first-order valence-electron chi connectivity index (χ1n) is 8.98. The van der Waals surface area contributed by atoms with Gasteiger partial charge in [-0.25, -0.2) is 0 Å². The largest absolute Gasteiger partial charge is 0.494 e. The van der Waals surface area contributed by atoms with Gasteiger partial charge in [0.1, 0.15) is 5.75 Å². The summed E-state index contributed by atoms with van der Waals surface area (Å²) in [5.74, 6) is 1.09. The number of rotatable bonds is 4. The van der Waals surface area contributed by atoms with Crippen LogP contribution in [0, 0.1) is 0 Å². The van der Waals surface area contributed by atoms with Crippen LogP contribution < -0.4 is 4.74 Å². The molecule has 2 heterocycles. The molecule has 2 aliphatic rings. The Kier molecular flexibility index (Phi) is 5.24. The second-order valence-electron chi connectivity index (χ2n) is 7.08. The highest BCUT2D eigenvalue weighted by Crippen LogP contribution is 2.34. The summed E-state index contributed by atoms with van der Waals surface area (Å²) in [5.41, 5.74) is 4.33. The third-order valence-electron chi connectivity index (χ3n) is 5.46. The molecule has 1 fully saturated rings. The van der Waals surface area contributed by atoms with Crippen LogP contribution >= 0.6 is 0 Å². The smallest absolute Gasteiger partial charge is 0.124 e. The van der Waals surface area contributed by atoms with Gasteiger partial charge in [0.15, 0.2) is 0 Å². The maximum absolute atomic E-state index is 5.99. The second kappa shape index (κ2) is 7.20. The quantitative estimate of drug-likeness (QED) is 0.849. The van der Waals surface area contributed by atoms with Crippen LogP contribution in [0.3, 0.4) is 0 Å². The highest BCUT2D eigenvalue weighted by Gasteiger charge is 2.24. The molecule has 0 spiro atoms. The lowest BCUT2D eigenvalue weighted by Gasteiger charge is -2.35. The Labute approximate surface area is 141 Å². The molecule has 2 aliphatic heterocycles. The highest BCUT2D eigenvalue weighted by atomic mass is 16.5. The predicted octanol–water partition coefficient (Wildman–Crippen LogP) is 2.38. The predicted molar refractivity (Wildman–Crippen MR) is 95.1 cm³/mol. The number of piperazine rings is 1. The van der Waals surface area contributed by atoms with Crippen LogP contribution in [-0.2, 0) is 13.0 Å². The van der Waals surface area contributed by atoms with E-state index >= 15 is 0 Å². The average molecular weight is 317 g/mol. The van der Waals surface area contributed by atoms with Gasteiger partial charge >= 0.3 is 0 Å². The minimum atomic E-state index is 0.482. The maximum atomic E-state index is 5.99. The van der Waals surface area contributed by atoms with Gasteiger partial charge in [0, 0.05) is 50.9 Å². The first kappa shape index (κ1) is 16.7. The number of ether oxygens (including phenoxy) is 1. The van der Waals surface area contributed by atoms with E-state index in [1.165, 1.54) is 16.7 Å². The summed E-state index contributed by atoms with van der Waals surface area (Å²) in [6.45, 7) is 11.9. The normalized spacial score (nSPS) is 23.7. The number of fused-ring (bicyclic) bond motifs is 1. The Hall–Kier alpha value is -1.10. The van der Waals surface area contributed by atoms with E-state index in [0.717, 1.165) is 58.0 Å². The van der Waals surface area contributed by atoms with E-state index in [2.05, 4.69) is 54.8 Å². The molecule has 0 radical (unpaired) electrons. The topological polar surface area (TPSA) is 19.0 Å². The number of hydrogen-bond donors (Lipinski definition) is 0. The number of nitrogens with zero attached hydrogens (tertiary/aromatic N) is 3. The monoisotopic (exact) mass is 317 g/mol. The van der Waals surface area contributed by atoms with Crippen molar-refractivity contribution < 1.29 is 4.74 Å². The van der Waals surface area contributed by atoms with Gasteiger partial charge in [-0.05, 0) is 51.6 Å². The standard InChI is InChI=1S/C19H31N3O/c1-5-23-19-13-18-15(2)21(4)7-6-16(18)12-17(19)14-22-10-8-20(3)9-11-22/h12-13,15H,5-11,14H2,1-4H3. The summed E-state index contributed by atoms with van der Waals surface area (Å²) in [6, 6.07) is 5.21. The molecule has 0 saturated carbocycles. The van der Waals surface area contributed by atoms with E-state index < -0.39 is 0 Å². The van der Waals surface area contributed by atoms with Crippen LogP contribution in [-0.4, -0.2) is 68.1 Å². The fourth-order valence-electron chi connectivity index (χ4n) is 3.69. The summed E-state index contributed by atoms with van der Waals surface area (Å²) in [5, 5.41) is 0. The molecular weight excluding hydrogens is 286 g/mol. The molecule has 0 aromatic heterocycles. The van der Waals surface area contributed by atoms with Crippen LogP contribution in [0.4, 0.5) is 0 Å². The Balaban J connectivity index is 1.84. The van der Waals surface area contributed by atoms with Crippen molar-refractivity contribution in [1.29, 1.82) is 0 Å². The Morgan fingerprint density at radius 1 is 1.09 bits per heavy atom. The summed E-state index contributed by atoms with van der Waals surface area (Å²) in [4.78, 5) is 7.39. The minimum absolute atomic E-state index is 0.482. The van der Waals surface area contributed by atoms with Crippen LogP contribution in [0.5, 0.6) is 5.75 Å². The first-order chi connectivity index (χ1) is 11.1. The van der Waals surface area contributed by atoms with Crippen LogP contribution in [0.25, 0.3) is 0 Å².